The van der Waals surface area contributed by atoms with Gasteiger partial charge in [-0.15, -0.1) is 0 Å². The van der Waals surface area contributed by atoms with Crippen LogP contribution >= 0.6 is 11.8 Å². The molecule has 1 aliphatic rings. The Bertz CT molecular complexity index is 1950. The van der Waals surface area contributed by atoms with E-state index in [-0.39, 0.29) is 5.56 Å². The third kappa shape index (κ3) is 4.14. The van der Waals surface area contributed by atoms with E-state index in [0.717, 1.165) is 44.0 Å². The van der Waals surface area contributed by atoms with Crippen molar-refractivity contribution in [1.82, 2.24) is 9.55 Å². The lowest BCUT2D eigenvalue weighted by Crippen LogP contribution is -2.33. The van der Waals surface area contributed by atoms with Crippen LogP contribution in [0.2, 0.25) is 0 Å². The van der Waals surface area contributed by atoms with Gasteiger partial charge in [-0.2, -0.15) is 0 Å². The van der Waals surface area contributed by atoms with Gasteiger partial charge >= 0.3 is 0 Å². The zero-order valence-corrected chi connectivity index (χ0v) is 22.7. The van der Waals surface area contributed by atoms with Crippen LogP contribution in [0.25, 0.3) is 27.6 Å². The molecule has 3 heterocycles. The van der Waals surface area contributed by atoms with Gasteiger partial charge in [-0.1, -0.05) is 54.2 Å². The van der Waals surface area contributed by atoms with Crippen molar-refractivity contribution in [3.05, 3.63) is 115 Å². The van der Waals surface area contributed by atoms with E-state index in [1.54, 1.807) is 30.1 Å². The van der Waals surface area contributed by atoms with Crippen molar-refractivity contribution in [2.45, 2.75) is 36.5 Å². The maximum atomic E-state index is 7.92. The van der Waals surface area contributed by atoms with Gasteiger partial charge in [-0.25, -0.2) is 4.98 Å². The highest BCUT2D eigenvalue weighted by atomic mass is 32.2. The first-order valence-electron chi connectivity index (χ1n) is 14.7. The van der Waals surface area contributed by atoms with E-state index in [9.17, 15) is 0 Å². The van der Waals surface area contributed by atoms with Crippen molar-refractivity contribution in [1.29, 1.82) is 0 Å². The highest BCUT2D eigenvalue weighted by Gasteiger charge is 2.28. The third-order valence-corrected chi connectivity index (χ3v) is 8.36. The molecule has 0 unspecified atom stereocenters. The number of nitrogens with zero attached hydrogens (tertiary/aromatic N) is 4. The normalized spacial score (nSPS) is 14.6. The van der Waals surface area contributed by atoms with Crippen LogP contribution in [0, 0.1) is 6.85 Å². The van der Waals surface area contributed by atoms with Crippen LogP contribution in [0.1, 0.15) is 23.5 Å². The molecule has 0 spiro atoms. The molecule has 2 aromatic heterocycles. The molecule has 4 nitrogen and oxygen atoms in total. The molecule has 7 rings (SSSR count). The van der Waals surface area contributed by atoms with Gasteiger partial charge in [0.1, 0.15) is 5.82 Å². The van der Waals surface area contributed by atoms with E-state index in [1.165, 1.54) is 11.4 Å². The molecule has 0 bridgehead atoms. The van der Waals surface area contributed by atoms with Gasteiger partial charge in [0.05, 0.1) is 29.1 Å². The molecule has 192 valence electrons. The number of hydrogen-bond donors (Lipinski definition) is 0. The Balaban J connectivity index is 1.28. The quantitative estimate of drug-likeness (QED) is 0.222. The van der Waals surface area contributed by atoms with Crippen LogP contribution in [-0.4, -0.2) is 22.3 Å². The molecule has 0 atom stereocenters. The van der Waals surface area contributed by atoms with Crippen molar-refractivity contribution in [3.63, 3.8) is 0 Å². The van der Waals surface area contributed by atoms with Crippen molar-refractivity contribution >= 4 is 50.6 Å². The van der Waals surface area contributed by atoms with E-state index in [4.69, 9.17) is 4.11 Å². The molecule has 5 heteroatoms. The summed E-state index contributed by atoms with van der Waals surface area (Å²) in [6.07, 6.45) is 1.58. The van der Waals surface area contributed by atoms with Crippen molar-refractivity contribution in [2.75, 3.05) is 16.5 Å². The van der Waals surface area contributed by atoms with Gasteiger partial charge in [0.15, 0.2) is 0 Å². The SMILES string of the molecule is [2H]C([2H])([2H])c1ccnc(-n2c3ccccc3c3ccc(Sc4cccc(N5CN(C(C)C)c6ccccc65)c4)cc32)c1. The summed E-state index contributed by atoms with van der Waals surface area (Å²) in [6, 6.07) is 35.7. The topological polar surface area (TPSA) is 24.3 Å². The lowest BCUT2D eigenvalue weighted by molar-refractivity contribution is 0.709. The maximum absolute atomic E-state index is 7.92. The second kappa shape index (κ2) is 9.51. The van der Waals surface area contributed by atoms with Gasteiger partial charge in [-0.3, -0.25) is 4.57 Å². The van der Waals surface area contributed by atoms with Crippen molar-refractivity contribution in [3.8, 4) is 5.82 Å². The number of aryl methyl sites for hydroxylation is 1. The van der Waals surface area contributed by atoms with Gasteiger partial charge in [0, 0.05) is 42.6 Å². The third-order valence-electron chi connectivity index (χ3n) is 7.38. The summed E-state index contributed by atoms with van der Waals surface area (Å²) in [6.45, 7) is 3.08. The first-order chi connectivity index (χ1) is 20.3. The lowest BCUT2D eigenvalue weighted by Gasteiger charge is -2.25. The number of pyridine rings is 1. The molecule has 39 heavy (non-hydrogen) atoms. The average molecular weight is 530 g/mol. The van der Waals surface area contributed by atoms with E-state index in [2.05, 4.69) is 112 Å². The fraction of sp³-hybridized carbons (Fsp3) is 0.147. The Hall–Kier alpha value is -4.22. The predicted octanol–water partition coefficient (Wildman–Crippen LogP) is 8.96. The summed E-state index contributed by atoms with van der Waals surface area (Å²) in [5.41, 5.74) is 5.92. The molecule has 0 saturated heterocycles. The molecule has 0 N–H and O–H groups in total. The molecule has 0 saturated carbocycles. The van der Waals surface area contributed by atoms with Crippen LogP contribution in [-0.2, 0) is 0 Å². The molecule has 1 aliphatic heterocycles. The highest BCUT2D eigenvalue weighted by molar-refractivity contribution is 7.99. The minimum absolute atomic E-state index is 0.278. The first-order valence-corrected chi connectivity index (χ1v) is 14.0. The highest BCUT2D eigenvalue weighted by Crippen LogP contribution is 2.43. The Morgan fingerprint density at radius 2 is 1.56 bits per heavy atom. The monoisotopic (exact) mass is 529 g/mol. The zero-order chi connectivity index (χ0) is 29.0. The molecule has 0 radical (unpaired) electrons. The summed E-state index contributed by atoms with van der Waals surface area (Å²) in [7, 11) is 0. The van der Waals surface area contributed by atoms with Crippen molar-refractivity contribution in [2.24, 2.45) is 0 Å². The average Bonchev–Trinajstić information content (AvgIpc) is 3.53. The molecule has 6 aromatic rings. The standard InChI is InChI=1S/C34H30N4S/c1-23(2)36-22-37(32-14-7-6-13-31(32)36)25-9-8-10-26(20-25)39-27-15-16-29-28-11-4-5-12-30(28)38(33(29)21-27)34-19-24(3)17-18-35-34/h4-21,23H,22H2,1-3H3/i3D3. The van der Waals surface area contributed by atoms with E-state index >= 15 is 0 Å². The van der Waals surface area contributed by atoms with Crippen LogP contribution in [0.15, 0.2) is 119 Å². The van der Waals surface area contributed by atoms with Crippen LogP contribution in [0.4, 0.5) is 17.1 Å². The number of anilines is 3. The largest absolute Gasteiger partial charge is 0.349 e. The fourth-order valence-corrected chi connectivity index (χ4v) is 6.46. The zero-order valence-electron chi connectivity index (χ0n) is 24.9. The Morgan fingerprint density at radius 3 is 2.44 bits per heavy atom. The lowest BCUT2D eigenvalue weighted by atomic mass is 10.2. The predicted molar refractivity (Wildman–Crippen MR) is 165 cm³/mol. The number of hydrogen-bond acceptors (Lipinski definition) is 4. The summed E-state index contributed by atoms with van der Waals surface area (Å²) in [5, 5.41) is 2.21. The summed E-state index contributed by atoms with van der Waals surface area (Å²) in [4.78, 5) is 11.7. The van der Waals surface area contributed by atoms with E-state index in [1.807, 2.05) is 12.1 Å². The molecule has 0 amide bonds. The Morgan fingerprint density at radius 1 is 0.769 bits per heavy atom. The number of benzene rings is 4. The summed E-state index contributed by atoms with van der Waals surface area (Å²) >= 11 is 1.72. The van der Waals surface area contributed by atoms with Crippen LogP contribution in [0.3, 0.4) is 0 Å². The smallest absolute Gasteiger partial charge is 0.137 e. The Labute approximate surface area is 237 Å². The van der Waals surface area contributed by atoms with Gasteiger partial charge in [-0.05, 0) is 86.9 Å². The number of fused-ring (bicyclic) bond motifs is 4. The summed E-state index contributed by atoms with van der Waals surface area (Å²) in [5.74, 6) is 0.598. The van der Waals surface area contributed by atoms with Gasteiger partial charge < -0.3 is 9.80 Å². The molecule has 0 aliphatic carbocycles. The molecular weight excluding hydrogens is 496 g/mol. The second-order valence-corrected chi connectivity index (χ2v) is 11.3. The first kappa shape index (κ1) is 20.7. The fourth-order valence-electron chi connectivity index (χ4n) is 5.55. The molecule has 4 aromatic carbocycles. The van der Waals surface area contributed by atoms with Crippen LogP contribution < -0.4 is 9.80 Å². The molecule has 0 fully saturated rings. The molecular formula is C34H30N4S. The van der Waals surface area contributed by atoms with E-state index in [0.29, 0.717) is 11.9 Å². The van der Waals surface area contributed by atoms with E-state index < -0.39 is 6.85 Å². The minimum Gasteiger partial charge on any atom is -0.349 e. The minimum atomic E-state index is -2.20. The number of aromatic nitrogens is 2. The van der Waals surface area contributed by atoms with Crippen molar-refractivity contribution < 1.29 is 4.11 Å². The van der Waals surface area contributed by atoms with Gasteiger partial charge in [0.25, 0.3) is 0 Å². The van der Waals surface area contributed by atoms with Crippen LogP contribution in [0.5, 0.6) is 0 Å². The maximum Gasteiger partial charge on any atom is 0.137 e. The summed E-state index contributed by atoms with van der Waals surface area (Å²) < 4.78 is 25.8. The Kier molecular flexibility index (Phi) is 5.05. The number of rotatable bonds is 5. The second-order valence-electron chi connectivity index (χ2n) is 10.2. The number of para-hydroxylation sites is 3. The van der Waals surface area contributed by atoms with Gasteiger partial charge in [0.2, 0.25) is 0 Å².